The predicted molar refractivity (Wildman–Crippen MR) is 145 cm³/mol. The van der Waals surface area contributed by atoms with Crippen LogP contribution in [0.2, 0.25) is 0 Å². The van der Waals surface area contributed by atoms with Crippen LogP contribution in [0.15, 0.2) is 66.7 Å². The molecule has 4 rings (SSSR count). The maximum atomic E-state index is 13.3. The number of amides is 1. The highest BCUT2D eigenvalue weighted by atomic mass is 16.5. The van der Waals surface area contributed by atoms with E-state index >= 15 is 0 Å². The van der Waals surface area contributed by atoms with Gasteiger partial charge in [0.1, 0.15) is 17.1 Å². The third-order valence-corrected chi connectivity index (χ3v) is 7.02. The van der Waals surface area contributed by atoms with Gasteiger partial charge in [0.25, 0.3) is 0 Å². The number of anilines is 1. The fourth-order valence-electron chi connectivity index (χ4n) is 4.90. The maximum absolute atomic E-state index is 13.3. The second-order valence-corrected chi connectivity index (χ2v) is 9.75. The molecular weight excluding hydrogens is 466 g/mol. The van der Waals surface area contributed by atoms with Crippen molar-refractivity contribution in [2.24, 2.45) is 5.92 Å². The second kappa shape index (κ2) is 12.4. The molecule has 0 heterocycles. The molecule has 1 fully saturated rings. The number of carboxylic acid groups (broad SMARTS) is 1. The van der Waals surface area contributed by atoms with Crippen molar-refractivity contribution in [1.82, 2.24) is 0 Å². The zero-order valence-electron chi connectivity index (χ0n) is 21.4. The molecule has 1 aliphatic carbocycles. The number of nitrogens with zero attached hydrogens (tertiary/aromatic N) is 1. The van der Waals surface area contributed by atoms with Gasteiger partial charge in [0, 0.05) is 18.2 Å². The van der Waals surface area contributed by atoms with Crippen molar-refractivity contribution in [3.63, 3.8) is 0 Å². The molecule has 3 aromatic carbocycles. The van der Waals surface area contributed by atoms with Gasteiger partial charge in [0.15, 0.2) is 0 Å². The van der Waals surface area contributed by atoms with Crippen LogP contribution in [0.1, 0.15) is 67.8 Å². The van der Waals surface area contributed by atoms with Crippen molar-refractivity contribution in [3.8, 4) is 22.6 Å². The van der Waals surface area contributed by atoms with E-state index < -0.39 is 5.97 Å². The van der Waals surface area contributed by atoms with Gasteiger partial charge in [-0.2, -0.15) is 0 Å². The topological polar surface area (TPSA) is 87.1 Å². The number of hydrogen-bond donors (Lipinski definition) is 2. The lowest BCUT2D eigenvalue weighted by Crippen LogP contribution is -2.30. The monoisotopic (exact) mass is 501 g/mol. The number of phenols is 1. The molecule has 0 saturated heterocycles. The van der Waals surface area contributed by atoms with E-state index in [1.54, 1.807) is 11.0 Å². The smallest absolute Gasteiger partial charge is 0.339 e. The lowest BCUT2D eigenvalue weighted by Gasteiger charge is -2.24. The Kier molecular flexibility index (Phi) is 8.83. The summed E-state index contributed by atoms with van der Waals surface area (Å²) in [5.41, 5.74) is 3.40. The fourth-order valence-corrected chi connectivity index (χ4v) is 4.90. The summed E-state index contributed by atoms with van der Waals surface area (Å²) in [6.07, 6.45) is 7.06. The molecule has 194 valence electrons. The molecule has 3 aromatic rings. The standard InChI is InChI=1S/C31H35NO5/c1-2-19-37-27-15-12-25(13-16-27)24-10-7-23(8-11-24)21-32(30(34)18-9-22-5-3-4-6-22)26-14-17-28(31(35)36)29(33)20-26/h7-8,10-17,20,22,33H,2-6,9,18-19,21H2,1H3,(H,35,36). The SMILES string of the molecule is CCCOc1ccc(-c2ccc(CN(C(=O)CCC3CCCC3)c3ccc(C(=O)O)c(O)c3)cc2)cc1. The Morgan fingerprint density at radius 3 is 2.19 bits per heavy atom. The zero-order chi connectivity index (χ0) is 26.2. The van der Waals surface area contributed by atoms with E-state index in [-0.39, 0.29) is 17.2 Å². The highest BCUT2D eigenvalue weighted by molar-refractivity contribution is 5.96. The number of aromatic hydroxyl groups is 1. The van der Waals surface area contributed by atoms with Crippen molar-refractivity contribution >= 4 is 17.6 Å². The van der Waals surface area contributed by atoms with Crippen LogP contribution in [0.3, 0.4) is 0 Å². The van der Waals surface area contributed by atoms with Gasteiger partial charge in [0.05, 0.1) is 13.2 Å². The number of ether oxygens (including phenoxy) is 1. The Labute approximate surface area is 218 Å². The molecule has 0 atom stereocenters. The third kappa shape index (κ3) is 6.91. The highest BCUT2D eigenvalue weighted by Gasteiger charge is 2.22. The van der Waals surface area contributed by atoms with Crippen molar-refractivity contribution < 1.29 is 24.5 Å². The molecule has 0 unspecified atom stereocenters. The van der Waals surface area contributed by atoms with Gasteiger partial charge in [-0.25, -0.2) is 4.79 Å². The second-order valence-electron chi connectivity index (χ2n) is 9.75. The molecule has 1 saturated carbocycles. The largest absolute Gasteiger partial charge is 0.507 e. The molecule has 0 aliphatic heterocycles. The number of carbonyl (C=O) groups excluding carboxylic acids is 1. The normalized spacial score (nSPS) is 13.4. The minimum absolute atomic E-state index is 0.0267. The summed E-state index contributed by atoms with van der Waals surface area (Å²) < 4.78 is 5.67. The summed E-state index contributed by atoms with van der Waals surface area (Å²) >= 11 is 0. The van der Waals surface area contributed by atoms with Gasteiger partial charge >= 0.3 is 5.97 Å². The summed E-state index contributed by atoms with van der Waals surface area (Å²) in [5, 5.41) is 19.5. The van der Waals surface area contributed by atoms with Gasteiger partial charge in [-0.05, 0) is 59.7 Å². The summed E-state index contributed by atoms with van der Waals surface area (Å²) in [4.78, 5) is 26.3. The number of rotatable bonds is 11. The number of carboxylic acids is 1. The van der Waals surface area contributed by atoms with Crippen molar-refractivity contribution in [3.05, 3.63) is 77.9 Å². The van der Waals surface area contributed by atoms with Crippen LogP contribution in [-0.2, 0) is 11.3 Å². The van der Waals surface area contributed by atoms with Crippen LogP contribution in [0.5, 0.6) is 11.5 Å². The first-order valence-corrected chi connectivity index (χ1v) is 13.1. The molecular formula is C31H35NO5. The van der Waals surface area contributed by atoms with Crippen molar-refractivity contribution in [2.75, 3.05) is 11.5 Å². The van der Waals surface area contributed by atoms with E-state index in [0.29, 0.717) is 31.2 Å². The van der Waals surface area contributed by atoms with Gasteiger partial charge in [-0.1, -0.05) is 69.0 Å². The zero-order valence-corrected chi connectivity index (χ0v) is 21.4. The summed E-state index contributed by atoms with van der Waals surface area (Å²) in [6, 6.07) is 20.4. The van der Waals surface area contributed by atoms with Gasteiger partial charge in [0.2, 0.25) is 5.91 Å². The van der Waals surface area contributed by atoms with Gasteiger partial charge < -0.3 is 19.8 Å². The minimum Gasteiger partial charge on any atom is -0.507 e. The molecule has 1 aliphatic rings. The van der Waals surface area contributed by atoms with E-state index in [9.17, 15) is 19.8 Å². The van der Waals surface area contributed by atoms with Gasteiger partial charge in [-0.3, -0.25) is 4.79 Å². The number of carbonyl (C=O) groups is 2. The molecule has 6 heteroatoms. The first kappa shape index (κ1) is 26.3. The Morgan fingerprint density at radius 1 is 0.946 bits per heavy atom. The lowest BCUT2D eigenvalue weighted by atomic mass is 10.0. The summed E-state index contributed by atoms with van der Waals surface area (Å²) in [6.45, 7) is 3.11. The van der Waals surface area contributed by atoms with Crippen molar-refractivity contribution in [2.45, 2.75) is 58.4 Å². The fraction of sp³-hybridized carbons (Fsp3) is 0.355. The molecule has 0 radical (unpaired) electrons. The van der Waals surface area contributed by atoms with Crippen LogP contribution in [0.4, 0.5) is 5.69 Å². The quantitative estimate of drug-likeness (QED) is 0.294. The molecule has 37 heavy (non-hydrogen) atoms. The first-order chi connectivity index (χ1) is 17.9. The van der Waals surface area contributed by atoms with E-state index in [1.165, 1.54) is 37.8 Å². The number of benzene rings is 3. The van der Waals surface area contributed by atoms with E-state index in [4.69, 9.17) is 4.74 Å². The molecule has 0 spiro atoms. The average molecular weight is 502 g/mol. The predicted octanol–water partition coefficient (Wildman–Crippen LogP) is 7.05. The van der Waals surface area contributed by atoms with Crippen LogP contribution >= 0.6 is 0 Å². The molecule has 0 aromatic heterocycles. The third-order valence-electron chi connectivity index (χ3n) is 7.02. The molecule has 1 amide bonds. The van der Waals surface area contributed by atoms with Crippen LogP contribution in [0, 0.1) is 5.92 Å². The van der Waals surface area contributed by atoms with Crippen molar-refractivity contribution in [1.29, 1.82) is 0 Å². The summed E-state index contributed by atoms with van der Waals surface area (Å²) in [5.74, 6) is -0.136. The molecule has 0 bridgehead atoms. The lowest BCUT2D eigenvalue weighted by molar-refractivity contribution is -0.119. The number of hydrogen-bond acceptors (Lipinski definition) is 4. The number of aromatic carboxylic acids is 1. The van der Waals surface area contributed by atoms with Crippen LogP contribution in [0.25, 0.3) is 11.1 Å². The Bertz CT molecular complexity index is 1200. The summed E-state index contributed by atoms with van der Waals surface area (Å²) in [7, 11) is 0. The Hall–Kier alpha value is -3.80. The van der Waals surface area contributed by atoms with Gasteiger partial charge in [-0.15, -0.1) is 0 Å². The highest BCUT2D eigenvalue weighted by Crippen LogP contribution is 2.31. The van der Waals surface area contributed by atoms with E-state index in [0.717, 1.165) is 35.3 Å². The van der Waals surface area contributed by atoms with E-state index in [1.807, 2.05) is 48.5 Å². The minimum atomic E-state index is -1.20. The van der Waals surface area contributed by atoms with E-state index in [2.05, 4.69) is 6.92 Å². The Balaban J connectivity index is 1.51. The maximum Gasteiger partial charge on any atom is 0.339 e. The first-order valence-electron chi connectivity index (χ1n) is 13.1. The Morgan fingerprint density at radius 2 is 1.59 bits per heavy atom. The average Bonchev–Trinajstić information content (AvgIpc) is 3.43. The molecule has 6 nitrogen and oxygen atoms in total. The van der Waals surface area contributed by atoms with Crippen LogP contribution < -0.4 is 9.64 Å². The molecule has 2 N–H and O–H groups in total. The van der Waals surface area contributed by atoms with Crippen LogP contribution in [-0.4, -0.2) is 28.7 Å².